The number of alkyl halides is 3. The molecule has 1 N–H and O–H groups in total. The summed E-state index contributed by atoms with van der Waals surface area (Å²) < 4.78 is 45.1. The molecule has 0 bridgehead atoms. The number of nitriles is 1. The van der Waals surface area contributed by atoms with Crippen molar-refractivity contribution in [3.8, 4) is 11.9 Å². The Labute approximate surface area is 167 Å². The first-order chi connectivity index (χ1) is 14.0. The predicted molar refractivity (Wildman–Crippen MR) is 99.0 cm³/mol. The van der Waals surface area contributed by atoms with E-state index in [2.05, 4.69) is 4.99 Å². The molecule has 0 spiro atoms. The van der Waals surface area contributed by atoms with Crippen molar-refractivity contribution in [3.05, 3.63) is 60.9 Å². The third-order valence-electron chi connectivity index (χ3n) is 4.19. The van der Waals surface area contributed by atoms with Crippen LogP contribution in [0.5, 0.6) is 5.88 Å². The number of rotatable bonds is 6. The largest absolute Gasteiger partial charge is 0.494 e. The summed E-state index contributed by atoms with van der Waals surface area (Å²) in [5.74, 6) is -0.546. The van der Waals surface area contributed by atoms with Gasteiger partial charge in [0.05, 0.1) is 29.3 Å². The van der Waals surface area contributed by atoms with Crippen molar-refractivity contribution in [2.75, 3.05) is 13.7 Å². The highest BCUT2D eigenvalue weighted by atomic mass is 19.4. The van der Waals surface area contributed by atoms with Crippen molar-refractivity contribution in [2.24, 2.45) is 4.99 Å². The molecule has 158 valence electrons. The molecule has 0 aliphatic rings. The molecule has 1 heterocycles. The Kier molecular flexibility index (Phi) is 6.58. The summed E-state index contributed by atoms with van der Waals surface area (Å²) in [7, 11) is 1.37. The summed E-state index contributed by atoms with van der Waals surface area (Å²) in [5, 5.41) is 30.5. The maximum absolute atomic E-state index is 13.1. The first kappa shape index (κ1) is 22.6. The van der Waals surface area contributed by atoms with Crippen LogP contribution in [0.4, 0.5) is 24.5 Å². The number of hydrogen-bond acceptors (Lipinski definition) is 7. The van der Waals surface area contributed by atoms with Gasteiger partial charge < -0.3 is 9.84 Å². The molecule has 0 saturated carbocycles. The molecule has 0 atom stereocenters. The molecule has 1 aromatic heterocycles. The van der Waals surface area contributed by atoms with E-state index in [0.717, 1.165) is 16.8 Å². The van der Waals surface area contributed by atoms with Crippen LogP contribution < -0.4 is 5.56 Å². The van der Waals surface area contributed by atoms with Crippen LogP contribution in [0.25, 0.3) is 0 Å². The number of ether oxygens (including phenoxy) is 1. The topological polar surface area (TPSA) is 131 Å². The zero-order valence-corrected chi connectivity index (χ0v) is 15.7. The number of nitrogens with zero attached hydrogens (tertiary/aromatic N) is 4. The Morgan fingerprint density at radius 3 is 2.63 bits per heavy atom. The molecular weight excluding hydrogens is 409 g/mol. The minimum atomic E-state index is -4.98. The van der Waals surface area contributed by atoms with Crippen molar-refractivity contribution in [2.45, 2.75) is 19.6 Å². The summed E-state index contributed by atoms with van der Waals surface area (Å²) in [6.07, 6.45) is -4.00. The lowest BCUT2D eigenvalue weighted by Gasteiger charge is -2.13. The quantitative estimate of drug-likeness (QED) is 0.431. The average Bonchev–Trinajstić information content (AvgIpc) is 2.67. The molecule has 0 aliphatic heterocycles. The smallest absolute Gasteiger partial charge is 0.423 e. The van der Waals surface area contributed by atoms with Gasteiger partial charge in [-0.15, -0.1) is 0 Å². The standard InChI is InChI=1S/C18H15F3N4O5/c1-10-12(8-22)16(26)24(5-6-30-2)17(27)13(10)9-23-11-3-4-15(25(28)29)14(7-11)18(19,20)21/h3-4,7,9,27H,5-6H2,1-2H3. The number of hydrogen-bond donors (Lipinski definition) is 1. The number of nitro groups is 1. The molecule has 0 unspecified atom stereocenters. The highest BCUT2D eigenvalue weighted by Gasteiger charge is 2.38. The highest BCUT2D eigenvalue weighted by Crippen LogP contribution is 2.38. The fourth-order valence-electron chi connectivity index (χ4n) is 2.65. The first-order valence-corrected chi connectivity index (χ1v) is 8.28. The molecule has 9 nitrogen and oxygen atoms in total. The van der Waals surface area contributed by atoms with Gasteiger partial charge >= 0.3 is 6.18 Å². The van der Waals surface area contributed by atoms with E-state index >= 15 is 0 Å². The molecule has 2 aromatic rings. The minimum Gasteiger partial charge on any atom is -0.494 e. The van der Waals surface area contributed by atoms with Gasteiger partial charge in [0.1, 0.15) is 17.2 Å². The van der Waals surface area contributed by atoms with Crippen LogP contribution in [-0.2, 0) is 17.5 Å². The summed E-state index contributed by atoms with van der Waals surface area (Å²) >= 11 is 0. The number of halogens is 3. The molecule has 0 saturated heterocycles. The third kappa shape index (κ3) is 4.47. The second-order valence-corrected chi connectivity index (χ2v) is 6.01. The van der Waals surface area contributed by atoms with E-state index in [1.54, 1.807) is 6.07 Å². The summed E-state index contributed by atoms with van der Waals surface area (Å²) in [4.78, 5) is 25.8. The van der Waals surface area contributed by atoms with Crippen molar-refractivity contribution in [1.82, 2.24) is 4.57 Å². The van der Waals surface area contributed by atoms with Gasteiger partial charge in [0.2, 0.25) is 5.88 Å². The second-order valence-electron chi connectivity index (χ2n) is 6.01. The number of aromatic hydroxyl groups is 1. The Bertz CT molecular complexity index is 1120. The van der Waals surface area contributed by atoms with E-state index in [-0.39, 0.29) is 35.5 Å². The van der Waals surface area contributed by atoms with Gasteiger partial charge in [0.25, 0.3) is 11.2 Å². The molecule has 0 radical (unpaired) electrons. The molecule has 12 heteroatoms. The molecule has 1 aromatic carbocycles. The van der Waals surface area contributed by atoms with Gasteiger partial charge in [-0.1, -0.05) is 0 Å². The predicted octanol–water partition coefficient (Wildman–Crippen LogP) is 3.06. The van der Waals surface area contributed by atoms with E-state index in [9.17, 15) is 38.4 Å². The van der Waals surface area contributed by atoms with Crippen molar-refractivity contribution < 1.29 is 27.9 Å². The Morgan fingerprint density at radius 2 is 2.10 bits per heavy atom. The summed E-state index contributed by atoms with van der Waals surface area (Å²) in [6.45, 7) is 1.35. The summed E-state index contributed by atoms with van der Waals surface area (Å²) in [5.41, 5.74) is -3.89. The van der Waals surface area contributed by atoms with Gasteiger partial charge in [-0.3, -0.25) is 24.5 Å². The van der Waals surface area contributed by atoms with Crippen LogP contribution in [0.15, 0.2) is 28.0 Å². The van der Waals surface area contributed by atoms with Crippen LogP contribution >= 0.6 is 0 Å². The van der Waals surface area contributed by atoms with Crippen LogP contribution in [-0.4, -0.2) is 34.5 Å². The fraction of sp³-hybridized carbons (Fsp3) is 0.278. The third-order valence-corrected chi connectivity index (χ3v) is 4.19. The van der Waals surface area contributed by atoms with E-state index in [1.165, 1.54) is 14.0 Å². The Hall–Kier alpha value is -3.72. The van der Waals surface area contributed by atoms with Crippen LogP contribution in [0.3, 0.4) is 0 Å². The molecule has 0 amide bonds. The zero-order valence-electron chi connectivity index (χ0n) is 15.7. The second kappa shape index (κ2) is 8.75. The number of aliphatic imine (C=N–C) groups is 1. The Morgan fingerprint density at radius 1 is 1.43 bits per heavy atom. The van der Waals surface area contributed by atoms with Crippen molar-refractivity contribution in [1.29, 1.82) is 5.26 Å². The lowest BCUT2D eigenvalue weighted by Crippen LogP contribution is -2.26. The van der Waals surface area contributed by atoms with Crippen molar-refractivity contribution >= 4 is 17.6 Å². The van der Waals surface area contributed by atoms with Gasteiger partial charge in [0.15, 0.2) is 0 Å². The Balaban J connectivity index is 2.61. The normalized spacial score (nSPS) is 11.6. The van der Waals surface area contributed by atoms with Gasteiger partial charge in [-0.05, 0) is 24.6 Å². The molecular formula is C18H15F3N4O5. The minimum absolute atomic E-state index is 0.0509. The number of benzene rings is 1. The highest BCUT2D eigenvalue weighted by molar-refractivity contribution is 5.87. The molecule has 2 rings (SSSR count). The maximum Gasteiger partial charge on any atom is 0.423 e. The summed E-state index contributed by atoms with van der Waals surface area (Å²) in [6, 6.07) is 3.89. The number of methoxy groups -OCH3 is 1. The van der Waals surface area contributed by atoms with E-state index in [0.29, 0.717) is 12.1 Å². The van der Waals surface area contributed by atoms with E-state index in [4.69, 9.17) is 4.74 Å². The average molecular weight is 424 g/mol. The lowest BCUT2D eigenvalue weighted by atomic mass is 10.1. The zero-order chi connectivity index (χ0) is 22.6. The fourth-order valence-corrected chi connectivity index (χ4v) is 2.65. The molecule has 0 aliphatic carbocycles. The van der Waals surface area contributed by atoms with Crippen LogP contribution in [0.1, 0.15) is 22.3 Å². The molecule has 0 fully saturated rings. The van der Waals surface area contributed by atoms with Gasteiger partial charge in [-0.25, -0.2) is 0 Å². The first-order valence-electron chi connectivity index (χ1n) is 8.28. The monoisotopic (exact) mass is 424 g/mol. The van der Waals surface area contributed by atoms with Crippen molar-refractivity contribution in [3.63, 3.8) is 0 Å². The lowest BCUT2D eigenvalue weighted by molar-refractivity contribution is -0.388. The van der Waals surface area contributed by atoms with Gasteiger partial charge in [-0.2, -0.15) is 18.4 Å². The SMILES string of the molecule is COCCn1c(O)c(C=Nc2ccc([N+](=O)[O-])c(C(F)(F)F)c2)c(C)c(C#N)c1=O. The van der Waals surface area contributed by atoms with Crippen LogP contribution in [0, 0.1) is 28.4 Å². The molecule has 30 heavy (non-hydrogen) atoms. The van der Waals surface area contributed by atoms with Crippen LogP contribution in [0.2, 0.25) is 0 Å². The number of pyridine rings is 1. The van der Waals surface area contributed by atoms with E-state index in [1.807, 2.05) is 0 Å². The van der Waals surface area contributed by atoms with E-state index < -0.39 is 33.8 Å². The number of aromatic nitrogens is 1. The number of nitro benzene ring substituents is 1. The maximum atomic E-state index is 13.1. The van der Waals surface area contributed by atoms with Gasteiger partial charge in [0, 0.05) is 19.4 Å².